The summed E-state index contributed by atoms with van der Waals surface area (Å²) >= 11 is 0. The fraction of sp³-hybridized carbons (Fsp3) is 0.589. The van der Waals surface area contributed by atoms with E-state index in [1.54, 1.807) is 32.5 Å². The number of alkyl halides is 3. The molecule has 2 aromatic carbocycles. The fourth-order valence-corrected chi connectivity index (χ4v) is 12.1. The average molecular weight is 1060 g/mol. The number of pyridine rings is 1. The van der Waals surface area contributed by atoms with Crippen molar-refractivity contribution in [3.63, 3.8) is 0 Å². The molecule has 3 amide bonds. The quantitative estimate of drug-likeness (QED) is 0.194. The Morgan fingerprint density at radius 2 is 1.67 bits per heavy atom. The molecule has 20 heteroatoms. The molecule has 76 heavy (non-hydrogen) atoms. The molecular weight excluding hydrogens is 984 g/mol. The second-order valence-corrected chi connectivity index (χ2v) is 22.8. The molecule has 6 aliphatic heterocycles. The van der Waals surface area contributed by atoms with Gasteiger partial charge >= 0.3 is 12.1 Å². The monoisotopic (exact) mass is 1060 g/mol. The Labute approximate surface area is 442 Å². The van der Waals surface area contributed by atoms with E-state index in [9.17, 15) is 19.2 Å². The van der Waals surface area contributed by atoms with Crippen LogP contribution in [0.3, 0.4) is 0 Å². The van der Waals surface area contributed by atoms with Crippen LogP contribution in [0.25, 0.3) is 33.3 Å². The van der Waals surface area contributed by atoms with E-state index in [1.807, 2.05) is 65.0 Å². The molecule has 3 N–H and O–H groups in total. The summed E-state index contributed by atoms with van der Waals surface area (Å²) in [4.78, 5) is 69.1. The molecule has 8 heterocycles. The molecule has 0 unspecified atom stereocenters. The number of piperazine rings is 1. The van der Waals surface area contributed by atoms with Gasteiger partial charge in [0.2, 0.25) is 11.8 Å². The van der Waals surface area contributed by atoms with Crippen molar-refractivity contribution >= 4 is 40.3 Å². The van der Waals surface area contributed by atoms with Crippen LogP contribution in [0.15, 0.2) is 48.7 Å². The molecule has 4 fully saturated rings. The zero-order valence-electron chi connectivity index (χ0n) is 44.6. The Kier molecular flexibility index (Phi) is 15.2. The van der Waals surface area contributed by atoms with Gasteiger partial charge < -0.3 is 43.9 Å². The van der Waals surface area contributed by atoms with Gasteiger partial charge in [-0.15, -0.1) is 0 Å². The number of anilines is 1. The number of rotatable bonds is 7. The third-order valence-electron chi connectivity index (χ3n) is 16.3. The van der Waals surface area contributed by atoms with E-state index in [4.69, 9.17) is 23.9 Å². The number of carbonyl (C=O) groups is 4. The van der Waals surface area contributed by atoms with E-state index in [2.05, 4.69) is 25.9 Å². The summed E-state index contributed by atoms with van der Waals surface area (Å²) in [6, 6.07) is 10.0. The molecule has 0 spiro atoms. The summed E-state index contributed by atoms with van der Waals surface area (Å²) in [7, 11) is 3.18. The van der Waals surface area contributed by atoms with Crippen molar-refractivity contribution in [2.75, 3.05) is 84.8 Å². The molecule has 8 bridgehead atoms. The molecule has 6 atom stereocenters. The Balaban J connectivity index is 1.16. The maximum atomic E-state index is 15.3. The van der Waals surface area contributed by atoms with Crippen molar-refractivity contribution in [2.45, 2.75) is 116 Å². The van der Waals surface area contributed by atoms with E-state index >= 15 is 13.2 Å². The molecule has 0 aliphatic carbocycles. The lowest BCUT2D eigenvalue weighted by Crippen LogP contribution is -2.62. The number of amides is 3. The van der Waals surface area contributed by atoms with Crippen LogP contribution >= 0.6 is 0 Å². The maximum absolute atomic E-state index is 15.3. The standard InChI is InChI=1S/C56H72F3N9O8/c1-32(2)49-51(69)62-45-21-34-19-36(22-39(20-34)75-29-46-40(12-13-60-46)52(70)64(49)6)35-10-11-47-41(23-35)43(25-55(4,5)31-76-54(72)44-9-8-14-68(63-44)53(45)71)50(67(47)30-56(57,58)59)42-24-37(26-61-48(42)33(3)73-7)65-15-17-66(18-16-65)38-27-74-28-38/h10-11,19-20,22-24,26,32-33,38,40,44-46,49,60,63H,8-9,12-18,21,25,27-31H2,1-7H3,(H,62,69)/t33-,40-,44-,45-,46+,49-/m0/s1. The van der Waals surface area contributed by atoms with Crippen molar-refractivity contribution in [1.29, 1.82) is 0 Å². The number of likely N-dealkylation sites (N-methyl/N-ethyl adjacent to an activating group) is 1. The first-order valence-corrected chi connectivity index (χ1v) is 26.9. The summed E-state index contributed by atoms with van der Waals surface area (Å²) < 4.78 is 71.3. The highest BCUT2D eigenvalue weighted by atomic mass is 19.4. The molecule has 17 nitrogen and oxygen atoms in total. The number of halogens is 3. The second kappa shape index (κ2) is 21.6. The third kappa shape index (κ3) is 11.0. The molecule has 0 radical (unpaired) electrons. The third-order valence-corrected chi connectivity index (χ3v) is 16.3. The molecule has 10 rings (SSSR count). The number of aromatic nitrogens is 2. The van der Waals surface area contributed by atoms with Crippen LogP contribution in [0.1, 0.15) is 76.8 Å². The Hall–Kier alpha value is -5.80. The van der Waals surface area contributed by atoms with Crippen molar-refractivity contribution < 1.29 is 51.3 Å². The van der Waals surface area contributed by atoms with E-state index in [0.717, 1.165) is 18.8 Å². The number of cyclic esters (lactones) is 1. The normalized spacial score (nSPS) is 25.7. The zero-order chi connectivity index (χ0) is 53.8. The lowest BCUT2D eigenvalue weighted by molar-refractivity contribution is -0.155. The summed E-state index contributed by atoms with van der Waals surface area (Å²) in [5.74, 6) is -2.12. The van der Waals surface area contributed by atoms with Gasteiger partial charge in [-0.1, -0.05) is 39.8 Å². The summed E-state index contributed by atoms with van der Waals surface area (Å²) in [5, 5.41) is 8.42. The fourth-order valence-electron chi connectivity index (χ4n) is 12.1. The highest BCUT2D eigenvalue weighted by molar-refractivity contribution is 5.96. The van der Waals surface area contributed by atoms with Crippen LogP contribution in [0.5, 0.6) is 5.75 Å². The Morgan fingerprint density at radius 1 is 0.895 bits per heavy atom. The number of esters is 1. The van der Waals surface area contributed by atoms with Crippen LogP contribution in [-0.2, 0) is 52.8 Å². The summed E-state index contributed by atoms with van der Waals surface area (Å²) in [5.41, 5.74) is 7.32. The van der Waals surface area contributed by atoms with Gasteiger partial charge in [0.05, 0.1) is 67.2 Å². The topological polar surface area (TPSA) is 172 Å². The lowest BCUT2D eigenvalue weighted by atomic mass is 9.84. The number of benzene rings is 2. The van der Waals surface area contributed by atoms with Gasteiger partial charge in [-0.2, -0.15) is 13.2 Å². The predicted octanol–water partition coefficient (Wildman–Crippen LogP) is 5.66. The predicted molar refractivity (Wildman–Crippen MR) is 279 cm³/mol. The number of nitrogens with zero attached hydrogens (tertiary/aromatic N) is 6. The maximum Gasteiger partial charge on any atom is 0.406 e. The smallest absolute Gasteiger partial charge is 0.406 e. The molecular formula is C56H72F3N9O8. The first-order valence-electron chi connectivity index (χ1n) is 26.9. The molecule has 2 aromatic heterocycles. The molecule has 4 saturated heterocycles. The number of hydrazine groups is 1. The van der Waals surface area contributed by atoms with Gasteiger partial charge in [0, 0.05) is 75.2 Å². The van der Waals surface area contributed by atoms with E-state index < -0.39 is 66.1 Å². The molecule has 410 valence electrons. The number of ether oxygens (including phenoxy) is 4. The SMILES string of the molecule is CO[C@@H](C)c1ncc(N2CCN(C3COC3)CC2)cc1-c1c2c3cc(ccc3n1CC(F)(F)F)-c1cc3cc(c1)OC[C@H]1NCC[C@@H]1C(=O)N(C)[C@@H](C(C)C)C(=O)N[C@@H](C3)C(=O)N1CCC[C@H](N1)C(=O)OCC(C)(C)C2. The molecule has 6 aliphatic rings. The van der Waals surface area contributed by atoms with Crippen LogP contribution in [0, 0.1) is 17.3 Å². The van der Waals surface area contributed by atoms with Crippen molar-refractivity contribution in [1.82, 2.24) is 40.4 Å². The minimum absolute atomic E-state index is 0.00349. The van der Waals surface area contributed by atoms with E-state index in [0.29, 0.717) is 114 Å². The first kappa shape index (κ1) is 53.6. The van der Waals surface area contributed by atoms with Crippen molar-refractivity contribution in [2.24, 2.45) is 17.3 Å². The van der Waals surface area contributed by atoms with Gasteiger partial charge in [0.15, 0.2) is 0 Å². The zero-order valence-corrected chi connectivity index (χ0v) is 44.6. The lowest BCUT2D eigenvalue weighted by Gasteiger charge is -2.43. The van der Waals surface area contributed by atoms with Gasteiger partial charge in [-0.3, -0.25) is 34.1 Å². The number of methoxy groups -OCH3 is 1. The van der Waals surface area contributed by atoms with Crippen LogP contribution in [0.2, 0.25) is 0 Å². The van der Waals surface area contributed by atoms with E-state index in [1.165, 1.54) is 14.5 Å². The Bertz CT molecular complexity index is 2840. The number of fused-ring (bicyclic) bond motifs is 8. The van der Waals surface area contributed by atoms with Gasteiger partial charge in [-0.05, 0) is 97.7 Å². The van der Waals surface area contributed by atoms with Gasteiger partial charge in [0.1, 0.15) is 37.0 Å². The van der Waals surface area contributed by atoms with Gasteiger partial charge in [0.25, 0.3) is 5.91 Å². The minimum atomic E-state index is -4.64. The average Bonchev–Trinajstić information content (AvgIpc) is 4.00. The number of hydrogen-bond acceptors (Lipinski definition) is 13. The van der Waals surface area contributed by atoms with Crippen LogP contribution in [0.4, 0.5) is 18.9 Å². The van der Waals surface area contributed by atoms with Crippen LogP contribution in [-0.4, -0.2) is 164 Å². The second-order valence-electron chi connectivity index (χ2n) is 22.8. The summed E-state index contributed by atoms with van der Waals surface area (Å²) in [6.45, 7) is 13.4. The van der Waals surface area contributed by atoms with Crippen LogP contribution < -0.4 is 25.7 Å². The van der Waals surface area contributed by atoms with E-state index in [-0.39, 0.29) is 50.5 Å². The highest BCUT2D eigenvalue weighted by Crippen LogP contribution is 2.45. The summed E-state index contributed by atoms with van der Waals surface area (Å²) in [6.07, 6.45) is -1.90. The largest absolute Gasteiger partial charge is 0.492 e. The highest BCUT2D eigenvalue weighted by Gasteiger charge is 2.42. The van der Waals surface area contributed by atoms with Crippen molar-refractivity contribution in [3.8, 4) is 28.1 Å². The first-order chi connectivity index (χ1) is 36.3. The molecule has 0 saturated carbocycles. The van der Waals surface area contributed by atoms with Crippen molar-refractivity contribution in [3.05, 3.63) is 65.5 Å². The number of nitrogens with one attached hydrogen (secondary N) is 3. The van der Waals surface area contributed by atoms with Gasteiger partial charge in [-0.25, -0.2) is 5.43 Å². The number of carbonyl (C=O) groups excluding carboxylic acids is 4. The minimum Gasteiger partial charge on any atom is -0.492 e. The Morgan fingerprint density at radius 3 is 2.38 bits per heavy atom. The number of hydrogen-bond donors (Lipinski definition) is 3. The molecule has 4 aromatic rings.